The lowest BCUT2D eigenvalue weighted by Gasteiger charge is -2.08. The van der Waals surface area contributed by atoms with Crippen LogP contribution in [0.1, 0.15) is 21.5 Å². The van der Waals surface area contributed by atoms with Gasteiger partial charge >= 0.3 is 0 Å². The number of aromatic nitrogens is 2. The molecule has 1 amide bonds. The van der Waals surface area contributed by atoms with Crippen molar-refractivity contribution < 1.29 is 9.53 Å². The first-order valence-corrected chi connectivity index (χ1v) is 11.3. The highest BCUT2D eigenvalue weighted by molar-refractivity contribution is 6.30. The summed E-state index contributed by atoms with van der Waals surface area (Å²) in [4.78, 5) is 12.7. The predicted octanol–water partition coefficient (Wildman–Crippen LogP) is 6.57. The van der Waals surface area contributed by atoms with Crippen molar-refractivity contribution in [3.05, 3.63) is 125 Å². The minimum atomic E-state index is -0.185. The van der Waals surface area contributed by atoms with E-state index in [2.05, 4.69) is 34.7 Å². The SMILES string of the molecule is O=C(Nc1cnn(Cc2cccc3ccccc23)c1)c1ccc(COc2ccc(Cl)cc2)cc1. The van der Waals surface area contributed by atoms with E-state index in [1.54, 1.807) is 30.5 Å². The topological polar surface area (TPSA) is 56.2 Å². The Morgan fingerprint density at radius 3 is 2.50 bits per heavy atom. The first-order valence-electron chi connectivity index (χ1n) is 10.9. The van der Waals surface area contributed by atoms with Gasteiger partial charge in [0.1, 0.15) is 12.4 Å². The number of anilines is 1. The van der Waals surface area contributed by atoms with E-state index in [9.17, 15) is 4.79 Å². The smallest absolute Gasteiger partial charge is 0.255 e. The van der Waals surface area contributed by atoms with E-state index in [0.717, 1.165) is 11.3 Å². The van der Waals surface area contributed by atoms with Crippen LogP contribution in [0.5, 0.6) is 5.75 Å². The summed E-state index contributed by atoms with van der Waals surface area (Å²) in [6.07, 6.45) is 3.51. The highest BCUT2D eigenvalue weighted by Gasteiger charge is 2.09. The Balaban J connectivity index is 1.19. The Bertz CT molecular complexity index is 1420. The highest BCUT2D eigenvalue weighted by atomic mass is 35.5. The van der Waals surface area contributed by atoms with Gasteiger partial charge in [0.25, 0.3) is 5.91 Å². The number of halogens is 1. The van der Waals surface area contributed by atoms with Crippen molar-refractivity contribution in [2.75, 3.05) is 5.32 Å². The molecule has 5 aromatic rings. The fourth-order valence-electron chi connectivity index (χ4n) is 3.77. The van der Waals surface area contributed by atoms with Crippen LogP contribution in [0.25, 0.3) is 10.8 Å². The van der Waals surface area contributed by atoms with E-state index >= 15 is 0 Å². The first-order chi connectivity index (χ1) is 16.6. The van der Waals surface area contributed by atoms with Crippen molar-refractivity contribution in [2.45, 2.75) is 13.2 Å². The van der Waals surface area contributed by atoms with Gasteiger partial charge in [-0.1, -0.05) is 66.2 Å². The van der Waals surface area contributed by atoms with Gasteiger partial charge in [-0.25, -0.2) is 0 Å². The number of hydrogen-bond donors (Lipinski definition) is 1. The van der Waals surface area contributed by atoms with E-state index in [1.165, 1.54) is 16.3 Å². The number of hydrogen-bond acceptors (Lipinski definition) is 3. The number of nitrogens with one attached hydrogen (secondary N) is 1. The van der Waals surface area contributed by atoms with Crippen molar-refractivity contribution >= 4 is 34.0 Å². The summed E-state index contributed by atoms with van der Waals surface area (Å²) in [5.41, 5.74) is 3.36. The average Bonchev–Trinajstić information content (AvgIpc) is 3.31. The highest BCUT2D eigenvalue weighted by Crippen LogP contribution is 2.20. The summed E-state index contributed by atoms with van der Waals surface area (Å²) in [5.74, 6) is 0.557. The molecule has 5 nitrogen and oxygen atoms in total. The van der Waals surface area contributed by atoms with Crippen molar-refractivity contribution in [1.29, 1.82) is 0 Å². The molecule has 1 aromatic heterocycles. The zero-order valence-corrected chi connectivity index (χ0v) is 19.1. The molecule has 0 saturated heterocycles. The van der Waals surface area contributed by atoms with Crippen LogP contribution in [0.15, 0.2) is 103 Å². The molecule has 0 bridgehead atoms. The van der Waals surface area contributed by atoms with Crippen LogP contribution in [0.2, 0.25) is 5.02 Å². The van der Waals surface area contributed by atoms with Gasteiger partial charge in [-0.15, -0.1) is 0 Å². The molecule has 34 heavy (non-hydrogen) atoms. The minimum absolute atomic E-state index is 0.185. The van der Waals surface area contributed by atoms with E-state index < -0.39 is 0 Å². The molecule has 5 rings (SSSR count). The number of fused-ring (bicyclic) bond motifs is 1. The quantitative estimate of drug-likeness (QED) is 0.294. The summed E-state index contributed by atoms with van der Waals surface area (Å²) in [5, 5.41) is 10.4. The maximum absolute atomic E-state index is 12.7. The van der Waals surface area contributed by atoms with Crippen molar-refractivity contribution in [2.24, 2.45) is 0 Å². The second kappa shape index (κ2) is 9.81. The van der Waals surface area contributed by atoms with E-state index in [0.29, 0.717) is 29.4 Å². The van der Waals surface area contributed by atoms with Crippen LogP contribution in [-0.2, 0) is 13.2 Å². The van der Waals surface area contributed by atoms with Gasteiger partial charge in [-0.2, -0.15) is 5.10 Å². The Morgan fingerprint density at radius 2 is 1.68 bits per heavy atom. The number of amides is 1. The molecule has 0 aliphatic heterocycles. The number of carbonyl (C=O) groups is 1. The monoisotopic (exact) mass is 467 g/mol. The lowest BCUT2D eigenvalue weighted by molar-refractivity contribution is 0.102. The van der Waals surface area contributed by atoms with Gasteiger partial charge in [-0.05, 0) is 58.3 Å². The lowest BCUT2D eigenvalue weighted by atomic mass is 10.0. The van der Waals surface area contributed by atoms with Gasteiger partial charge < -0.3 is 10.1 Å². The maximum Gasteiger partial charge on any atom is 0.255 e. The molecule has 0 atom stereocenters. The van der Waals surface area contributed by atoms with Crippen LogP contribution >= 0.6 is 11.6 Å². The largest absolute Gasteiger partial charge is 0.489 e. The van der Waals surface area contributed by atoms with Crippen molar-refractivity contribution in [3.8, 4) is 5.75 Å². The molecule has 1 heterocycles. The molecule has 1 N–H and O–H groups in total. The second-order valence-corrected chi connectivity index (χ2v) is 8.39. The summed E-state index contributed by atoms with van der Waals surface area (Å²) in [6, 6.07) is 29.1. The standard InChI is InChI=1S/C28H22ClN3O2/c29-24-12-14-26(15-13-24)34-19-20-8-10-22(11-9-20)28(33)31-25-16-30-32(18-25)17-23-6-3-5-21-4-1-2-7-27(21)23/h1-16,18H,17,19H2,(H,31,33). The second-order valence-electron chi connectivity index (χ2n) is 7.96. The Morgan fingerprint density at radius 1 is 0.912 bits per heavy atom. The van der Waals surface area contributed by atoms with Gasteiger partial charge in [-0.3, -0.25) is 9.48 Å². The van der Waals surface area contributed by atoms with Crippen LogP contribution in [0.4, 0.5) is 5.69 Å². The minimum Gasteiger partial charge on any atom is -0.489 e. The van der Waals surface area contributed by atoms with Gasteiger partial charge in [0.15, 0.2) is 0 Å². The average molecular weight is 468 g/mol. The summed E-state index contributed by atoms with van der Waals surface area (Å²) in [7, 11) is 0. The third-order valence-corrected chi connectivity index (χ3v) is 5.79. The van der Waals surface area contributed by atoms with Gasteiger partial charge in [0.2, 0.25) is 0 Å². The number of ether oxygens (including phenoxy) is 1. The summed E-state index contributed by atoms with van der Waals surface area (Å²) >= 11 is 5.89. The summed E-state index contributed by atoms with van der Waals surface area (Å²) < 4.78 is 7.58. The fourth-order valence-corrected chi connectivity index (χ4v) is 3.90. The van der Waals surface area contributed by atoms with E-state index in [4.69, 9.17) is 16.3 Å². The Hall–Kier alpha value is -4.09. The molecule has 168 valence electrons. The number of rotatable bonds is 7. The van der Waals surface area contributed by atoms with Gasteiger partial charge in [0, 0.05) is 16.8 Å². The number of nitrogens with zero attached hydrogens (tertiary/aromatic N) is 2. The van der Waals surface area contributed by atoms with E-state index in [1.807, 2.05) is 53.3 Å². The van der Waals surface area contributed by atoms with Gasteiger partial charge in [0.05, 0.1) is 18.4 Å². The van der Waals surface area contributed by atoms with Crippen molar-refractivity contribution in [1.82, 2.24) is 9.78 Å². The normalized spacial score (nSPS) is 10.9. The molecule has 0 radical (unpaired) electrons. The fraction of sp³-hybridized carbons (Fsp3) is 0.0714. The molecule has 4 aromatic carbocycles. The van der Waals surface area contributed by atoms with Crippen LogP contribution in [-0.4, -0.2) is 15.7 Å². The Labute approximate surface area is 202 Å². The molecular formula is C28H22ClN3O2. The zero-order chi connectivity index (χ0) is 23.3. The Kier molecular flexibility index (Phi) is 6.27. The molecule has 0 aliphatic rings. The lowest BCUT2D eigenvalue weighted by Crippen LogP contribution is -2.11. The van der Waals surface area contributed by atoms with Crippen LogP contribution < -0.4 is 10.1 Å². The number of benzene rings is 4. The van der Waals surface area contributed by atoms with Crippen molar-refractivity contribution in [3.63, 3.8) is 0 Å². The maximum atomic E-state index is 12.7. The molecule has 0 spiro atoms. The number of carbonyl (C=O) groups excluding carboxylic acids is 1. The van der Waals surface area contributed by atoms with E-state index in [-0.39, 0.29) is 5.91 Å². The molecule has 0 unspecified atom stereocenters. The molecule has 0 aliphatic carbocycles. The molecule has 0 fully saturated rings. The van der Waals surface area contributed by atoms with Crippen LogP contribution in [0, 0.1) is 0 Å². The molecule has 6 heteroatoms. The molecular weight excluding hydrogens is 446 g/mol. The predicted molar refractivity (Wildman–Crippen MR) is 135 cm³/mol. The molecule has 0 saturated carbocycles. The third-order valence-electron chi connectivity index (χ3n) is 5.54. The third kappa shape index (κ3) is 5.11. The summed E-state index contributed by atoms with van der Waals surface area (Å²) in [6.45, 7) is 1.03. The zero-order valence-electron chi connectivity index (χ0n) is 18.3. The van der Waals surface area contributed by atoms with Crippen LogP contribution in [0.3, 0.4) is 0 Å². The first kappa shape index (κ1) is 21.7.